The predicted octanol–water partition coefficient (Wildman–Crippen LogP) is 1.72. The molecule has 5 heteroatoms. The highest BCUT2D eigenvalue weighted by Gasteiger charge is 1.95. The number of benzene rings is 1. The average molecular weight is 268 g/mol. The number of carbonyl (C=O) groups excluding carboxylic acids is 1. The van der Waals surface area contributed by atoms with Gasteiger partial charge in [-0.05, 0) is 17.7 Å². The van der Waals surface area contributed by atoms with Crippen molar-refractivity contribution in [3.63, 3.8) is 0 Å². The van der Waals surface area contributed by atoms with Crippen molar-refractivity contribution in [2.24, 2.45) is 0 Å². The molecule has 0 saturated heterocycles. The van der Waals surface area contributed by atoms with E-state index in [1.807, 2.05) is 30.3 Å². The fourth-order valence-corrected chi connectivity index (χ4v) is 1.55. The van der Waals surface area contributed by atoms with Gasteiger partial charge in [0.2, 0.25) is 11.9 Å². The summed E-state index contributed by atoms with van der Waals surface area (Å²) in [7, 11) is 0. The fraction of sp³-hybridized carbons (Fsp3) is 0.133. The summed E-state index contributed by atoms with van der Waals surface area (Å²) in [5, 5.41) is 5.79. The number of aromatic nitrogens is 2. The van der Waals surface area contributed by atoms with Gasteiger partial charge in [0, 0.05) is 31.6 Å². The van der Waals surface area contributed by atoms with E-state index in [4.69, 9.17) is 0 Å². The Kier molecular flexibility index (Phi) is 5.27. The summed E-state index contributed by atoms with van der Waals surface area (Å²) in [4.78, 5) is 19.6. The van der Waals surface area contributed by atoms with Crippen molar-refractivity contribution < 1.29 is 4.79 Å². The van der Waals surface area contributed by atoms with Gasteiger partial charge in [-0.3, -0.25) is 4.79 Å². The fourth-order valence-electron chi connectivity index (χ4n) is 1.55. The first-order chi connectivity index (χ1) is 9.84. The number of amides is 1. The van der Waals surface area contributed by atoms with E-state index in [2.05, 4.69) is 20.6 Å². The molecule has 0 bridgehead atoms. The van der Waals surface area contributed by atoms with E-state index in [1.165, 1.54) is 6.08 Å². The summed E-state index contributed by atoms with van der Waals surface area (Å²) in [5.41, 5.74) is 0.999. The Morgan fingerprint density at radius 1 is 1.05 bits per heavy atom. The first-order valence-electron chi connectivity index (χ1n) is 6.36. The van der Waals surface area contributed by atoms with Gasteiger partial charge in [-0.15, -0.1) is 0 Å². The molecule has 0 unspecified atom stereocenters. The second-order valence-corrected chi connectivity index (χ2v) is 4.03. The van der Waals surface area contributed by atoms with Gasteiger partial charge >= 0.3 is 0 Å². The van der Waals surface area contributed by atoms with Crippen molar-refractivity contribution in [1.29, 1.82) is 0 Å². The molecule has 1 aromatic carbocycles. The Hall–Kier alpha value is -2.69. The molecule has 1 heterocycles. The molecule has 2 aromatic rings. The van der Waals surface area contributed by atoms with Crippen molar-refractivity contribution in [2.45, 2.75) is 0 Å². The zero-order valence-corrected chi connectivity index (χ0v) is 11.0. The molecule has 102 valence electrons. The van der Waals surface area contributed by atoms with Crippen LogP contribution in [0.1, 0.15) is 5.56 Å². The highest BCUT2D eigenvalue weighted by Crippen LogP contribution is 2.00. The van der Waals surface area contributed by atoms with Crippen LogP contribution in [-0.2, 0) is 4.79 Å². The lowest BCUT2D eigenvalue weighted by Crippen LogP contribution is -2.27. The number of nitrogens with zero attached hydrogens (tertiary/aromatic N) is 2. The molecule has 1 aromatic heterocycles. The van der Waals surface area contributed by atoms with Crippen LogP contribution < -0.4 is 10.6 Å². The maximum absolute atomic E-state index is 11.6. The van der Waals surface area contributed by atoms with Gasteiger partial charge in [-0.2, -0.15) is 0 Å². The first-order valence-corrected chi connectivity index (χ1v) is 6.36. The van der Waals surface area contributed by atoms with Crippen molar-refractivity contribution in [1.82, 2.24) is 15.3 Å². The van der Waals surface area contributed by atoms with Crippen molar-refractivity contribution in [3.05, 3.63) is 60.4 Å². The highest BCUT2D eigenvalue weighted by molar-refractivity contribution is 5.91. The van der Waals surface area contributed by atoms with E-state index >= 15 is 0 Å². The molecular weight excluding hydrogens is 252 g/mol. The molecule has 0 aliphatic heterocycles. The molecule has 1 amide bonds. The summed E-state index contributed by atoms with van der Waals surface area (Å²) in [6.45, 7) is 1.09. The number of carbonyl (C=O) groups is 1. The number of rotatable bonds is 6. The molecule has 5 nitrogen and oxygen atoms in total. The molecule has 2 N–H and O–H groups in total. The Morgan fingerprint density at radius 2 is 1.80 bits per heavy atom. The lowest BCUT2D eigenvalue weighted by atomic mass is 10.2. The van der Waals surface area contributed by atoms with Gasteiger partial charge in [-0.25, -0.2) is 9.97 Å². The van der Waals surface area contributed by atoms with E-state index in [9.17, 15) is 4.79 Å². The molecule has 0 atom stereocenters. The molecule has 20 heavy (non-hydrogen) atoms. The lowest BCUT2D eigenvalue weighted by Gasteiger charge is -2.04. The molecule has 0 spiro atoms. The number of nitrogens with one attached hydrogen (secondary N) is 2. The van der Waals surface area contributed by atoms with Crippen LogP contribution in [0.4, 0.5) is 5.95 Å². The third-order valence-corrected chi connectivity index (χ3v) is 2.50. The van der Waals surface area contributed by atoms with Crippen molar-refractivity contribution >= 4 is 17.9 Å². The maximum atomic E-state index is 11.6. The molecule has 0 fully saturated rings. The number of hydrogen-bond acceptors (Lipinski definition) is 4. The molecule has 0 saturated carbocycles. The maximum Gasteiger partial charge on any atom is 0.244 e. The van der Waals surface area contributed by atoms with Crippen molar-refractivity contribution in [3.8, 4) is 0 Å². The Morgan fingerprint density at radius 3 is 2.55 bits per heavy atom. The van der Waals surface area contributed by atoms with Gasteiger partial charge < -0.3 is 10.6 Å². The van der Waals surface area contributed by atoms with Crippen LogP contribution in [0.5, 0.6) is 0 Å². The van der Waals surface area contributed by atoms with E-state index in [0.29, 0.717) is 19.0 Å². The summed E-state index contributed by atoms with van der Waals surface area (Å²) >= 11 is 0. The smallest absolute Gasteiger partial charge is 0.244 e. The minimum absolute atomic E-state index is 0.121. The Balaban J connectivity index is 1.67. The van der Waals surface area contributed by atoms with E-state index < -0.39 is 0 Å². The van der Waals surface area contributed by atoms with Gasteiger partial charge in [0.15, 0.2) is 0 Å². The Labute approximate surface area is 117 Å². The van der Waals surface area contributed by atoms with Crippen LogP contribution in [0.3, 0.4) is 0 Å². The number of anilines is 1. The molecule has 0 aliphatic rings. The summed E-state index contributed by atoms with van der Waals surface area (Å²) in [6.07, 6.45) is 6.63. The largest absolute Gasteiger partial charge is 0.352 e. The lowest BCUT2D eigenvalue weighted by molar-refractivity contribution is -0.116. The minimum Gasteiger partial charge on any atom is -0.352 e. The molecule has 0 radical (unpaired) electrons. The monoisotopic (exact) mass is 268 g/mol. The van der Waals surface area contributed by atoms with Crippen LogP contribution in [0.15, 0.2) is 54.9 Å². The normalized spacial score (nSPS) is 10.4. The quantitative estimate of drug-likeness (QED) is 0.618. The zero-order chi connectivity index (χ0) is 14.0. The van der Waals surface area contributed by atoms with E-state index in [0.717, 1.165) is 5.56 Å². The summed E-state index contributed by atoms with van der Waals surface area (Å²) in [6, 6.07) is 11.4. The minimum atomic E-state index is -0.121. The third kappa shape index (κ3) is 4.89. The van der Waals surface area contributed by atoms with Crippen LogP contribution in [-0.4, -0.2) is 29.0 Å². The van der Waals surface area contributed by atoms with Gasteiger partial charge in [0.05, 0.1) is 0 Å². The second-order valence-electron chi connectivity index (χ2n) is 4.03. The first kappa shape index (κ1) is 13.7. The van der Waals surface area contributed by atoms with Crippen LogP contribution in [0.25, 0.3) is 6.08 Å². The predicted molar refractivity (Wildman–Crippen MR) is 79.0 cm³/mol. The number of hydrogen-bond donors (Lipinski definition) is 2. The van der Waals surface area contributed by atoms with Crippen LogP contribution >= 0.6 is 0 Å². The van der Waals surface area contributed by atoms with Crippen molar-refractivity contribution in [2.75, 3.05) is 18.4 Å². The van der Waals surface area contributed by atoms with Gasteiger partial charge in [0.25, 0.3) is 0 Å². The second kappa shape index (κ2) is 7.68. The summed E-state index contributed by atoms with van der Waals surface area (Å²) < 4.78 is 0. The zero-order valence-electron chi connectivity index (χ0n) is 11.0. The average Bonchev–Trinajstić information content (AvgIpc) is 2.52. The SMILES string of the molecule is O=C(C=Cc1ccccc1)NCCNc1ncccn1. The summed E-state index contributed by atoms with van der Waals surface area (Å²) in [5.74, 6) is 0.436. The van der Waals surface area contributed by atoms with E-state index in [1.54, 1.807) is 24.5 Å². The standard InChI is InChI=1S/C15H16N4O/c20-14(8-7-13-5-2-1-3-6-13)16-11-12-19-15-17-9-4-10-18-15/h1-10H,11-12H2,(H,16,20)(H,17,18,19). The Bertz CT molecular complexity index is 555. The third-order valence-electron chi connectivity index (χ3n) is 2.50. The van der Waals surface area contributed by atoms with E-state index in [-0.39, 0.29) is 5.91 Å². The van der Waals surface area contributed by atoms with Crippen LogP contribution in [0.2, 0.25) is 0 Å². The molecule has 0 aliphatic carbocycles. The molecule has 2 rings (SSSR count). The molecular formula is C15H16N4O. The van der Waals surface area contributed by atoms with Crippen LogP contribution in [0, 0.1) is 0 Å². The van der Waals surface area contributed by atoms with Gasteiger partial charge in [-0.1, -0.05) is 30.3 Å². The topological polar surface area (TPSA) is 66.9 Å². The highest BCUT2D eigenvalue weighted by atomic mass is 16.1. The van der Waals surface area contributed by atoms with Gasteiger partial charge in [0.1, 0.15) is 0 Å².